The first-order chi connectivity index (χ1) is 16.2. The molecule has 1 atom stereocenters. The Kier molecular flexibility index (Phi) is 4.71. The highest BCUT2D eigenvalue weighted by molar-refractivity contribution is 5.79. The maximum atomic E-state index is 14.7. The van der Waals surface area contributed by atoms with Crippen LogP contribution in [-0.2, 0) is 6.42 Å². The molecule has 0 bridgehead atoms. The molecule has 8 heteroatoms. The van der Waals surface area contributed by atoms with Gasteiger partial charge in [0, 0.05) is 12.3 Å². The van der Waals surface area contributed by atoms with E-state index in [1.165, 1.54) is 12.4 Å². The number of aromatic nitrogens is 6. The first-order valence-corrected chi connectivity index (χ1v) is 11.1. The number of fused-ring (bicyclic) bond motifs is 2. The Labute approximate surface area is 188 Å². The standard InChI is InChI=1S/C25H21FN6O/c26-18-10-5-11-19-21(18)25(33)32(16-8-2-1-3-9-16)24(31-19)17(15-6-4-7-15)12-20-22-23(29-13-27-20)30-14-28-22/h1-3,5,8-11,13-15,17H,4,6-7,12H2,(H,27,28,29,30)/t17-/m0/s1. The Balaban J connectivity index is 1.60. The van der Waals surface area contributed by atoms with Crippen molar-refractivity contribution in [1.29, 1.82) is 0 Å². The summed E-state index contributed by atoms with van der Waals surface area (Å²) in [5.74, 6) is 0.364. The number of rotatable bonds is 5. The van der Waals surface area contributed by atoms with Gasteiger partial charge in [-0.15, -0.1) is 0 Å². The van der Waals surface area contributed by atoms with Crippen LogP contribution in [0.2, 0.25) is 0 Å². The SMILES string of the molecule is O=c1c2c(F)cccc2nc([C@@H](Cc2ncnc3nc[nH]c23)C2CCC2)n1-c1ccccc1. The van der Waals surface area contributed by atoms with Crippen molar-refractivity contribution in [3.8, 4) is 5.69 Å². The Hall–Kier alpha value is -3.94. The predicted molar refractivity (Wildman–Crippen MR) is 123 cm³/mol. The normalized spacial score (nSPS) is 15.1. The minimum absolute atomic E-state index is 0.00968. The molecule has 0 spiro atoms. The van der Waals surface area contributed by atoms with E-state index >= 15 is 0 Å². The van der Waals surface area contributed by atoms with Gasteiger partial charge in [0.2, 0.25) is 0 Å². The first-order valence-electron chi connectivity index (χ1n) is 11.1. The Bertz CT molecular complexity index is 1520. The van der Waals surface area contributed by atoms with Gasteiger partial charge in [0.05, 0.1) is 23.2 Å². The summed E-state index contributed by atoms with van der Waals surface area (Å²) in [5.41, 5.74) is 2.90. The van der Waals surface area contributed by atoms with E-state index in [1.54, 1.807) is 23.0 Å². The molecule has 7 nitrogen and oxygen atoms in total. The van der Waals surface area contributed by atoms with E-state index in [9.17, 15) is 9.18 Å². The minimum Gasteiger partial charge on any atom is -0.342 e. The largest absolute Gasteiger partial charge is 0.342 e. The van der Waals surface area contributed by atoms with Crippen molar-refractivity contribution in [3.05, 3.63) is 88.9 Å². The third-order valence-electron chi connectivity index (χ3n) is 6.65. The second-order valence-corrected chi connectivity index (χ2v) is 8.50. The van der Waals surface area contributed by atoms with Crippen molar-refractivity contribution < 1.29 is 4.39 Å². The summed E-state index contributed by atoms with van der Waals surface area (Å²) in [7, 11) is 0. The van der Waals surface area contributed by atoms with E-state index in [0.717, 1.165) is 30.5 Å². The van der Waals surface area contributed by atoms with Crippen LogP contribution in [0, 0.1) is 11.7 Å². The molecule has 0 amide bonds. The fourth-order valence-electron chi connectivity index (χ4n) is 4.77. The number of hydrogen-bond acceptors (Lipinski definition) is 5. The van der Waals surface area contributed by atoms with Crippen LogP contribution in [-0.4, -0.2) is 29.5 Å². The summed E-state index contributed by atoms with van der Waals surface area (Å²) in [5, 5.41) is 0.00968. The number of nitrogens with zero attached hydrogens (tertiary/aromatic N) is 5. The summed E-state index contributed by atoms with van der Waals surface area (Å²) in [6.07, 6.45) is 6.94. The predicted octanol–water partition coefficient (Wildman–Crippen LogP) is 4.32. The zero-order chi connectivity index (χ0) is 22.4. The molecule has 2 aromatic carbocycles. The van der Waals surface area contributed by atoms with Gasteiger partial charge in [0.15, 0.2) is 5.65 Å². The number of benzene rings is 2. The van der Waals surface area contributed by atoms with Crippen molar-refractivity contribution >= 4 is 22.1 Å². The van der Waals surface area contributed by atoms with Crippen LogP contribution >= 0.6 is 0 Å². The number of nitrogens with one attached hydrogen (secondary N) is 1. The first kappa shape index (κ1) is 19.7. The van der Waals surface area contributed by atoms with Crippen LogP contribution in [0.15, 0.2) is 66.0 Å². The minimum atomic E-state index is -0.559. The number of halogens is 1. The van der Waals surface area contributed by atoms with E-state index < -0.39 is 11.4 Å². The van der Waals surface area contributed by atoms with E-state index in [-0.39, 0.29) is 11.3 Å². The maximum Gasteiger partial charge on any atom is 0.268 e. The molecule has 6 rings (SSSR count). The average molecular weight is 440 g/mol. The fourth-order valence-corrected chi connectivity index (χ4v) is 4.77. The lowest BCUT2D eigenvalue weighted by atomic mass is 9.73. The molecule has 0 radical (unpaired) electrons. The van der Waals surface area contributed by atoms with Gasteiger partial charge in [-0.3, -0.25) is 9.36 Å². The molecule has 3 heterocycles. The lowest BCUT2D eigenvalue weighted by Gasteiger charge is -2.34. The number of H-pyrrole nitrogens is 1. The summed E-state index contributed by atoms with van der Waals surface area (Å²) in [6, 6.07) is 13.9. The van der Waals surface area contributed by atoms with Crippen LogP contribution < -0.4 is 5.56 Å². The molecule has 1 aliphatic rings. The lowest BCUT2D eigenvalue weighted by molar-refractivity contribution is 0.249. The zero-order valence-electron chi connectivity index (χ0n) is 17.8. The zero-order valence-corrected chi connectivity index (χ0v) is 17.8. The van der Waals surface area contributed by atoms with Crippen LogP contribution in [0.25, 0.3) is 27.8 Å². The Morgan fingerprint density at radius 3 is 2.70 bits per heavy atom. The monoisotopic (exact) mass is 440 g/mol. The van der Waals surface area contributed by atoms with Gasteiger partial charge >= 0.3 is 0 Å². The topological polar surface area (TPSA) is 89.3 Å². The summed E-state index contributed by atoms with van der Waals surface area (Å²) in [4.78, 5) is 34.7. The average Bonchev–Trinajstić information content (AvgIpc) is 3.28. The van der Waals surface area contributed by atoms with Crippen molar-refractivity contribution in [2.45, 2.75) is 31.6 Å². The van der Waals surface area contributed by atoms with Crippen LogP contribution in [0.4, 0.5) is 4.39 Å². The molecule has 1 aliphatic carbocycles. The third kappa shape index (κ3) is 3.29. The molecular weight excluding hydrogens is 419 g/mol. The van der Waals surface area contributed by atoms with Gasteiger partial charge < -0.3 is 4.98 Å². The molecular formula is C25H21FN6O. The van der Waals surface area contributed by atoms with Crippen LogP contribution in [0.3, 0.4) is 0 Å². The Morgan fingerprint density at radius 2 is 1.91 bits per heavy atom. The van der Waals surface area contributed by atoms with E-state index in [2.05, 4.69) is 19.9 Å². The fraction of sp³-hybridized carbons (Fsp3) is 0.240. The van der Waals surface area contributed by atoms with Gasteiger partial charge in [0.25, 0.3) is 5.56 Å². The van der Waals surface area contributed by atoms with Gasteiger partial charge in [0.1, 0.15) is 28.9 Å². The van der Waals surface area contributed by atoms with Gasteiger partial charge in [-0.25, -0.2) is 24.3 Å². The van der Waals surface area contributed by atoms with Crippen LogP contribution in [0.1, 0.15) is 36.7 Å². The van der Waals surface area contributed by atoms with Crippen molar-refractivity contribution in [2.75, 3.05) is 0 Å². The van der Waals surface area contributed by atoms with Crippen molar-refractivity contribution in [2.24, 2.45) is 5.92 Å². The van der Waals surface area contributed by atoms with Gasteiger partial charge in [-0.1, -0.05) is 30.7 Å². The molecule has 33 heavy (non-hydrogen) atoms. The third-order valence-corrected chi connectivity index (χ3v) is 6.65. The summed E-state index contributed by atoms with van der Waals surface area (Å²) >= 11 is 0. The van der Waals surface area contributed by atoms with E-state index in [0.29, 0.717) is 35.0 Å². The van der Waals surface area contributed by atoms with Crippen molar-refractivity contribution in [1.82, 2.24) is 29.5 Å². The highest BCUT2D eigenvalue weighted by atomic mass is 19.1. The molecule has 3 aromatic heterocycles. The lowest BCUT2D eigenvalue weighted by Crippen LogP contribution is -2.32. The van der Waals surface area contributed by atoms with Crippen LogP contribution in [0.5, 0.6) is 0 Å². The second kappa shape index (κ2) is 7.88. The number of hydrogen-bond donors (Lipinski definition) is 1. The molecule has 0 aliphatic heterocycles. The molecule has 5 aromatic rings. The molecule has 1 saturated carbocycles. The van der Waals surface area contributed by atoms with Gasteiger partial charge in [-0.2, -0.15) is 0 Å². The van der Waals surface area contributed by atoms with E-state index in [4.69, 9.17) is 4.98 Å². The highest BCUT2D eigenvalue weighted by Crippen LogP contribution is 2.41. The number of imidazole rings is 1. The summed E-state index contributed by atoms with van der Waals surface area (Å²) < 4.78 is 16.3. The molecule has 0 saturated heterocycles. The van der Waals surface area contributed by atoms with Crippen molar-refractivity contribution in [3.63, 3.8) is 0 Å². The number of aromatic amines is 1. The van der Waals surface area contributed by atoms with E-state index in [1.807, 2.05) is 30.3 Å². The molecule has 1 N–H and O–H groups in total. The van der Waals surface area contributed by atoms with Gasteiger partial charge in [-0.05, 0) is 43.0 Å². The molecule has 164 valence electrons. The Morgan fingerprint density at radius 1 is 1.06 bits per heavy atom. The highest BCUT2D eigenvalue weighted by Gasteiger charge is 2.34. The quantitative estimate of drug-likeness (QED) is 0.440. The maximum absolute atomic E-state index is 14.7. The molecule has 1 fully saturated rings. The molecule has 0 unspecified atom stereocenters. The summed E-state index contributed by atoms with van der Waals surface area (Å²) in [6.45, 7) is 0. The smallest absolute Gasteiger partial charge is 0.268 e. The number of para-hydroxylation sites is 1. The second-order valence-electron chi connectivity index (χ2n) is 8.50.